The Balaban J connectivity index is 2.05. The first kappa shape index (κ1) is 18.6. The average Bonchev–Trinajstić information content (AvgIpc) is 2.49. The van der Waals surface area contributed by atoms with Gasteiger partial charge < -0.3 is 14.7 Å². The van der Waals surface area contributed by atoms with Gasteiger partial charge in [-0.1, -0.05) is 11.6 Å². The lowest BCUT2D eigenvalue weighted by Crippen LogP contribution is -2.49. The second-order valence-corrected chi connectivity index (χ2v) is 5.99. The number of hydrogen-bond donors (Lipinski definition) is 1. The lowest BCUT2D eigenvalue weighted by atomic mass is 10.1. The number of hydrogen-bond acceptors (Lipinski definition) is 4. The molecule has 24 heavy (non-hydrogen) atoms. The fourth-order valence-corrected chi connectivity index (χ4v) is 2.75. The van der Waals surface area contributed by atoms with Gasteiger partial charge in [0.05, 0.1) is 29.8 Å². The molecule has 0 radical (unpaired) electrons. The van der Waals surface area contributed by atoms with Crippen molar-refractivity contribution in [2.75, 3.05) is 39.8 Å². The van der Waals surface area contributed by atoms with Gasteiger partial charge in [0.25, 0.3) is 5.91 Å². The van der Waals surface area contributed by atoms with Gasteiger partial charge >= 0.3 is 5.97 Å². The predicted molar refractivity (Wildman–Crippen MR) is 82.1 cm³/mol. The summed E-state index contributed by atoms with van der Waals surface area (Å²) in [5.74, 6) is -3.75. The minimum atomic E-state index is -1.14. The first-order valence-corrected chi connectivity index (χ1v) is 7.61. The number of carbonyl (C=O) groups is 2. The van der Waals surface area contributed by atoms with Crippen LogP contribution in [0.2, 0.25) is 5.02 Å². The first-order valence-electron chi connectivity index (χ1n) is 7.23. The molecule has 2 rings (SSSR count). The van der Waals surface area contributed by atoms with E-state index in [-0.39, 0.29) is 42.9 Å². The molecule has 1 heterocycles. The van der Waals surface area contributed by atoms with Crippen molar-refractivity contribution in [1.29, 1.82) is 0 Å². The molecule has 1 amide bonds. The summed E-state index contributed by atoms with van der Waals surface area (Å²) in [5, 5.41) is 8.59. The molecule has 0 aromatic heterocycles. The van der Waals surface area contributed by atoms with Crippen LogP contribution >= 0.6 is 11.6 Å². The second kappa shape index (κ2) is 7.87. The average molecular weight is 363 g/mol. The predicted octanol–water partition coefficient (Wildman–Crippen LogP) is 1.48. The van der Waals surface area contributed by atoms with Gasteiger partial charge in [0.2, 0.25) is 0 Å². The quantitative estimate of drug-likeness (QED) is 0.803. The maximum atomic E-state index is 13.4. The Kier molecular flexibility index (Phi) is 6.09. The summed E-state index contributed by atoms with van der Waals surface area (Å²) >= 11 is 5.83. The molecule has 1 unspecified atom stereocenters. The van der Waals surface area contributed by atoms with Crippen LogP contribution in [0.3, 0.4) is 0 Å². The molecule has 0 bridgehead atoms. The molecule has 0 saturated carbocycles. The van der Waals surface area contributed by atoms with Crippen molar-refractivity contribution in [2.45, 2.75) is 6.10 Å². The van der Waals surface area contributed by atoms with Gasteiger partial charge in [0.15, 0.2) is 11.6 Å². The van der Waals surface area contributed by atoms with Crippen LogP contribution in [0.25, 0.3) is 0 Å². The van der Waals surface area contributed by atoms with E-state index in [0.29, 0.717) is 6.54 Å². The zero-order chi connectivity index (χ0) is 17.9. The Bertz CT molecular complexity index is 644. The summed E-state index contributed by atoms with van der Waals surface area (Å²) in [7, 11) is 1.63. The van der Waals surface area contributed by atoms with E-state index in [2.05, 4.69) is 0 Å². The Morgan fingerprint density at radius 2 is 2.08 bits per heavy atom. The highest BCUT2D eigenvalue weighted by molar-refractivity contribution is 6.33. The van der Waals surface area contributed by atoms with Crippen molar-refractivity contribution < 1.29 is 28.2 Å². The molecule has 1 saturated heterocycles. The topological polar surface area (TPSA) is 70.1 Å². The SMILES string of the molecule is CN(CC(=O)O)CC1CN(C(=O)c2cc(F)c(F)cc2Cl)CCO1. The van der Waals surface area contributed by atoms with Gasteiger partial charge in [0, 0.05) is 19.6 Å². The minimum Gasteiger partial charge on any atom is -0.480 e. The number of aliphatic carboxylic acids is 1. The molecule has 1 aromatic carbocycles. The summed E-state index contributed by atoms with van der Waals surface area (Å²) in [5.41, 5.74) is -0.116. The van der Waals surface area contributed by atoms with Gasteiger partial charge in [0.1, 0.15) is 0 Å². The molecule has 1 aliphatic heterocycles. The molecular formula is C15H17ClF2N2O4. The zero-order valence-electron chi connectivity index (χ0n) is 13.0. The number of benzene rings is 1. The largest absolute Gasteiger partial charge is 0.480 e. The van der Waals surface area contributed by atoms with Crippen LogP contribution in [-0.2, 0) is 9.53 Å². The van der Waals surface area contributed by atoms with Crippen molar-refractivity contribution in [3.8, 4) is 0 Å². The highest BCUT2D eigenvalue weighted by Crippen LogP contribution is 2.22. The van der Waals surface area contributed by atoms with E-state index in [4.69, 9.17) is 21.4 Å². The lowest BCUT2D eigenvalue weighted by Gasteiger charge is -2.34. The molecule has 1 fully saturated rings. The number of morpholine rings is 1. The number of halogens is 3. The van der Waals surface area contributed by atoms with Gasteiger partial charge in [-0.15, -0.1) is 0 Å². The summed E-state index contributed by atoms with van der Waals surface area (Å²) < 4.78 is 32.0. The number of rotatable bonds is 5. The Hall–Kier alpha value is -1.77. The third kappa shape index (κ3) is 4.62. The molecule has 0 aliphatic carbocycles. The van der Waals surface area contributed by atoms with Gasteiger partial charge in [-0.05, 0) is 19.2 Å². The number of amides is 1. The second-order valence-electron chi connectivity index (χ2n) is 5.58. The van der Waals surface area contributed by atoms with Crippen LogP contribution < -0.4 is 0 Å². The van der Waals surface area contributed by atoms with E-state index in [9.17, 15) is 18.4 Å². The van der Waals surface area contributed by atoms with Crippen LogP contribution in [0.4, 0.5) is 8.78 Å². The number of likely N-dealkylation sites (N-methyl/N-ethyl adjacent to an activating group) is 1. The van der Waals surface area contributed by atoms with E-state index in [1.807, 2.05) is 0 Å². The number of nitrogens with zero attached hydrogens (tertiary/aromatic N) is 2. The van der Waals surface area contributed by atoms with E-state index in [1.54, 1.807) is 11.9 Å². The Labute approximate surface area is 142 Å². The van der Waals surface area contributed by atoms with E-state index >= 15 is 0 Å². The molecular weight excluding hydrogens is 346 g/mol. The van der Waals surface area contributed by atoms with Crippen molar-refractivity contribution >= 4 is 23.5 Å². The summed E-state index contributed by atoms with van der Waals surface area (Å²) in [6.45, 7) is 0.925. The smallest absolute Gasteiger partial charge is 0.317 e. The first-order chi connectivity index (χ1) is 11.3. The van der Waals surface area contributed by atoms with Crippen LogP contribution in [0, 0.1) is 11.6 Å². The fraction of sp³-hybridized carbons (Fsp3) is 0.467. The van der Waals surface area contributed by atoms with Gasteiger partial charge in [-0.3, -0.25) is 14.5 Å². The van der Waals surface area contributed by atoms with Crippen LogP contribution in [0.5, 0.6) is 0 Å². The molecule has 0 spiro atoms. The van der Waals surface area contributed by atoms with Gasteiger partial charge in [-0.2, -0.15) is 0 Å². The van der Waals surface area contributed by atoms with Crippen molar-refractivity contribution in [2.24, 2.45) is 0 Å². The summed E-state index contributed by atoms with van der Waals surface area (Å²) in [6, 6.07) is 1.55. The Morgan fingerprint density at radius 3 is 2.75 bits per heavy atom. The third-order valence-corrected chi connectivity index (χ3v) is 3.90. The van der Waals surface area contributed by atoms with Crippen molar-refractivity contribution in [3.63, 3.8) is 0 Å². The van der Waals surface area contributed by atoms with Crippen LogP contribution in [0.1, 0.15) is 10.4 Å². The van der Waals surface area contributed by atoms with E-state index in [1.165, 1.54) is 4.90 Å². The monoisotopic (exact) mass is 362 g/mol. The lowest BCUT2D eigenvalue weighted by molar-refractivity contribution is -0.138. The molecule has 132 valence electrons. The normalized spacial score (nSPS) is 18.0. The highest BCUT2D eigenvalue weighted by atomic mass is 35.5. The number of ether oxygens (including phenoxy) is 1. The van der Waals surface area contributed by atoms with Crippen LogP contribution in [0.15, 0.2) is 12.1 Å². The Morgan fingerprint density at radius 1 is 1.42 bits per heavy atom. The molecule has 1 atom stereocenters. The van der Waals surface area contributed by atoms with E-state index in [0.717, 1.165) is 12.1 Å². The molecule has 1 aromatic rings. The third-order valence-electron chi connectivity index (χ3n) is 3.59. The minimum absolute atomic E-state index is 0.116. The standard InChI is InChI=1S/C15H17ClF2N2O4/c1-19(8-14(21)22)6-9-7-20(2-3-24-9)15(23)10-4-12(17)13(18)5-11(10)16/h4-5,9H,2-3,6-8H2,1H3,(H,21,22). The van der Waals surface area contributed by atoms with Crippen molar-refractivity contribution in [3.05, 3.63) is 34.4 Å². The number of carboxylic acids is 1. The highest BCUT2D eigenvalue weighted by Gasteiger charge is 2.28. The zero-order valence-corrected chi connectivity index (χ0v) is 13.7. The van der Waals surface area contributed by atoms with Crippen molar-refractivity contribution in [1.82, 2.24) is 9.80 Å². The van der Waals surface area contributed by atoms with Crippen LogP contribution in [-0.4, -0.2) is 72.7 Å². The maximum Gasteiger partial charge on any atom is 0.317 e. The van der Waals surface area contributed by atoms with E-state index < -0.39 is 23.5 Å². The maximum absolute atomic E-state index is 13.4. The summed E-state index contributed by atoms with van der Waals surface area (Å²) in [4.78, 5) is 26.2. The van der Waals surface area contributed by atoms with Gasteiger partial charge in [-0.25, -0.2) is 8.78 Å². The molecule has 1 N–H and O–H groups in total. The summed E-state index contributed by atoms with van der Waals surface area (Å²) in [6.07, 6.45) is -0.379. The number of carbonyl (C=O) groups excluding carboxylic acids is 1. The molecule has 9 heteroatoms. The number of carboxylic acid groups (broad SMARTS) is 1. The fourth-order valence-electron chi connectivity index (χ4n) is 2.51. The molecule has 6 nitrogen and oxygen atoms in total. The molecule has 1 aliphatic rings.